The summed E-state index contributed by atoms with van der Waals surface area (Å²) in [5, 5.41) is 63.7. The minimum absolute atomic E-state index is 0.235. The van der Waals surface area contributed by atoms with E-state index < -0.39 is 110 Å². The molecule has 0 spiro atoms. The van der Waals surface area contributed by atoms with Gasteiger partial charge >= 0.3 is 29.8 Å². The van der Waals surface area contributed by atoms with Crippen molar-refractivity contribution < 1.29 is 78.1 Å². The maximum Gasteiger partial charge on any atom is 0.326 e. The summed E-state index contributed by atoms with van der Waals surface area (Å²) in [6.07, 6.45) is -4.32. The summed E-state index contributed by atoms with van der Waals surface area (Å²) < 4.78 is 11.0. The largest absolute Gasteiger partial charge is 0.489 e. The second-order valence-corrected chi connectivity index (χ2v) is 12.2. The van der Waals surface area contributed by atoms with Gasteiger partial charge in [0.1, 0.15) is 36.3 Å². The summed E-state index contributed by atoms with van der Waals surface area (Å²) in [5.41, 5.74) is 7.25. The molecule has 0 radical (unpaired) electrons. The van der Waals surface area contributed by atoms with Crippen molar-refractivity contribution in [1.82, 2.24) is 16.0 Å². The fraction of sp³-hybridized carbons (Fsp3) is 0.471. The molecular formula is C34H44N4O16. The third kappa shape index (κ3) is 15.7. The van der Waals surface area contributed by atoms with Crippen LogP contribution in [0, 0.1) is 11.8 Å². The predicted molar refractivity (Wildman–Crippen MR) is 181 cm³/mol. The summed E-state index contributed by atoms with van der Waals surface area (Å²) in [6, 6.07) is 5.63. The molecule has 1 heterocycles. The number of aliphatic hydroxyl groups is 1. The Labute approximate surface area is 307 Å². The zero-order chi connectivity index (χ0) is 40.4. The maximum absolute atomic E-state index is 12.5. The molecule has 5 atom stereocenters. The lowest BCUT2D eigenvalue weighted by Crippen LogP contribution is -2.48. The monoisotopic (exact) mass is 764 g/mol. The lowest BCUT2D eigenvalue weighted by atomic mass is 9.84. The van der Waals surface area contributed by atoms with Gasteiger partial charge in [-0.05, 0) is 55.9 Å². The van der Waals surface area contributed by atoms with E-state index in [2.05, 4.69) is 10.6 Å². The van der Waals surface area contributed by atoms with E-state index in [1.165, 1.54) is 0 Å². The van der Waals surface area contributed by atoms with E-state index in [9.17, 15) is 63.9 Å². The first-order valence-corrected chi connectivity index (χ1v) is 16.7. The number of ether oxygens (including phenoxy) is 1. The number of nitrogens with two attached hydrogens (primary N) is 1. The van der Waals surface area contributed by atoms with Gasteiger partial charge in [-0.3, -0.25) is 28.8 Å². The van der Waals surface area contributed by atoms with Crippen molar-refractivity contribution in [2.75, 3.05) is 6.54 Å². The number of furan rings is 1. The number of hydrogen-bond acceptors (Lipinski definition) is 12. The number of carboxylic acid groups (broad SMARTS) is 5. The Hall–Kier alpha value is -6.02. The molecule has 0 aliphatic carbocycles. The Balaban J connectivity index is 1.80. The number of aliphatic carboxylic acids is 5. The van der Waals surface area contributed by atoms with Gasteiger partial charge in [-0.15, -0.1) is 0 Å². The standard InChI is InChI=1S/C34H44N4O16/c35-15-21-13-19(17-54-21)16-53-20-3-1-18(2-4-20)11-12-36-27(40)8-6-24(33(49)50)37-28(41)9-7-25(34(51)52)38-30(44)26(39)14-23(32(47)48)22(31(45)46)5-10-29(42)43/h1-4,13,17,22-26,39H,5-12,14-16,35H2,(H,36,40)(H,37,41)(H,38,44)(H,42,43)(H,45,46)(H,47,48)(H,49,50)(H,51,52)/t22?,23?,24-,25-,26?/m0/s1. The minimum Gasteiger partial charge on any atom is -0.489 e. The van der Waals surface area contributed by atoms with Crippen molar-refractivity contribution >= 4 is 47.6 Å². The highest BCUT2D eigenvalue weighted by atomic mass is 16.5. The smallest absolute Gasteiger partial charge is 0.326 e. The van der Waals surface area contributed by atoms with Gasteiger partial charge in [0.25, 0.3) is 0 Å². The highest BCUT2D eigenvalue weighted by molar-refractivity contribution is 5.88. The van der Waals surface area contributed by atoms with Gasteiger partial charge < -0.3 is 61.5 Å². The molecule has 296 valence electrons. The lowest BCUT2D eigenvalue weighted by molar-refractivity contribution is -0.157. The minimum atomic E-state index is -2.22. The first kappa shape index (κ1) is 44.1. The second kappa shape index (κ2) is 22.1. The summed E-state index contributed by atoms with van der Waals surface area (Å²) >= 11 is 0. The van der Waals surface area contributed by atoms with E-state index in [4.69, 9.17) is 20.0 Å². The zero-order valence-electron chi connectivity index (χ0n) is 29.0. The van der Waals surface area contributed by atoms with Crippen molar-refractivity contribution in [2.24, 2.45) is 17.6 Å². The van der Waals surface area contributed by atoms with Crippen LogP contribution in [-0.4, -0.2) is 103 Å². The zero-order valence-corrected chi connectivity index (χ0v) is 29.0. The number of hydrogen-bond donors (Lipinski definition) is 10. The number of carbonyl (C=O) groups excluding carboxylic acids is 3. The average molecular weight is 765 g/mol. The molecule has 2 aromatic rings. The molecule has 0 aliphatic rings. The van der Waals surface area contributed by atoms with Crippen LogP contribution in [-0.2, 0) is 57.9 Å². The van der Waals surface area contributed by atoms with Crippen molar-refractivity contribution in [2.45, 2.75) is 82.7 Å². The summed E-state index contributed by atoms with van der Waals surface area (Å²) in [5.74, 6) is -13.2. The van der Waals surface area contributed by atoms with Crippen LogP contribution in [0.2, 0.25) is 0 Å². The number of carbonyl (C=O) groups is 8. The third-order valence-electron chi connectivity index (χ3n) is 8.11. The molecule has 0 aliphatic heterocycles. The fourth-order valence-electron chi connectivity index (χ4n) is 5.12. The van der Waals surface area contributed by atoms with Crippen molar-refractivity contribution in [3.63, 3.8) is 0 Å². The van der Waals surface area contributed by atoms with Crippen LogP contribution in [0.15, 0.2) is 41.0 Å². The summed E-state index contributed by atoms with van der Waals surface area (Å²) in [4.78, 5) is 94.9. The van der Waals surface area contributed by atoms with Crippen LogP contribution < -0.4 is 26.4 Å². The second-order valence-electron chi connectivity index (χ2n) is 12.2. The van der Waals surface area contributed by atoms with Crippen LogP contribution in [0.5, 0.6) is 5.75 Å². The predicted octanol–water partition coefficient (Wildman–Crippen LogP) is -0.307. The van der Waals surface area contributed by atoms with Crippen molar-refractivity contribution in [3.8, 4) is 5.75 Å². The summed E-state index contributed by atoms with van der Waals surface area (Å²) in [6.45, 7) is 0.809. The number of nitrogens with one attached hydrogen (secondary N) is 3. The quantitative estimate of drug-likeness (QED) is 0.0587. The van der Waals surface area contributed by atoms with Gasteiger partial charge in [0.2, 0.25) is 17.7 Å². The fourth-order valence-corrected chi connectivity index (χ4v) is 5.12. The molecule has 1 aromatic heterocycles. The average Bonchev–Trinajstić information content (AvgIpc) is 3.58. The number of carboxylic acids is 5. The number of aliphatic hydroxyl groups excluding tert-OH is 1. The van der Waals surface area contributed by atoms with Crippen LogP contribution >= 0.6 is 0 Å². The van der Waals surface area contributed by atoms with Crippen molar-refractivity contribution in [3.05, 3.63) is 53.5 Å². The Morgan fingerprint density at radius 1 is 0.722 bits per heavy atom. The third-order valence-corrected chi connectivity index (χ3v) is 8.11. The van der Waals surface area contributed by atoms with Gasteiger partial charge in [0.05, 0.1) is 24.6 Å². The topological polar surface area (TPSA) is 342 Å². The number of benzene rings is 1. The molecule has 2 rings (SSSR count). The van der Waals surface area contributed by atoms with Crippen LogP contribution in [0.25, 0.3) is 0 Å². The van der Waals surface area contributed by atoms with E-state index in [-0.39, 0.29) is 25.9 Å². The highest BCUT2D eigenvalue weighted by Gasteiger charge is 2.37. The molecule has 1 aromatic carbocycles. The molecule has 3 amide bonds. The van der Waals surface area contributed by atoms with Crippen LogP contribution in [0.4, 0.5) is 0 Å². The normalized spacial score (nSPS) is 13.7. The molecule has 11 N–H and O–H groups in total. The van der Waals surface area contributed by atoms with E-state index in [0.29, 0.717) is 24.5 Å². The van der Waals surface area contributed by atoms with E-state index in [0.717, 1.165) is 11.1 Å². The van der Waals surface area contributed by atoms with Gasteiger partial charge in [0, 0.05) is 31.4 Å². The van der Waals surface area contributed by atoms with E-state index in [1.807, 2.05) is 17.4 Å². The SMILES string of the molecule is NCc1cc(COc2ccc(CCNC(=O)CC[C@H](NC(=O)CC[C@H](NC(=O)C(O)CC(C(=O)O)C(CCC(=O)O)C(=O)O)C(=O)O)C(=O)O)cc2)co1. The molecule has 0 fully saturated rings. The molecule has 20 nitrogen and oxygen atoms in total. The first-order valence-electron chi connectivity index (χ1n) is 16.7. The van der Waals surface area contributed by atoms with E-state index >= 15 is 0 Å². The number of amides is 3. The van der Waals surface area contributed by atoms with Gasteiger partial charge in [0.15, 0.2) is 0 Å². The molecule has 0 bridgehead atoms. The first-order chi connectivity index (χ1) is 25.5. The summed E-state index contributed by atoms with van der Waals surface area (Å²) in [7, 11) is 0. The van der Waals surface area contributed by atoms with Gasteiger partial charge in [-0.1, -0.05) is 12.1 Å². The van der Waals surface area contributed by atoms with Gasteiger partial charge in [-0.2, -0.15) is 0 Å². The molecule has 0 saturated heterocycles. The molecule has 3 unspecified atom stereocenters. The molecular weight excluding hydrogens is 720 g/mol. The highest BCUT2D eigenvalue weighted by Crippen LogP contribution is 2.24. The van der Waals surface area contributed by atoms with E-state index in [1.54, 1.807) is 24.5 Å². The van der Waals surface area contributed by atoms with Crippen LogP contribution in [0.1, 0.15) is 61.8 Å². The number of rotatable bonds is 26. The van der Waals surface area contributed by atoms with Crippen molar-refractivity contribution in [1.29, 1.82) is 0 Å². The lowest BCUT2D eigenvalue weighted by Gasteiger charge is -2.23. The van der Waals surface area contributed by atoms with Gasteiger partial charge in [-0.25, -0.2) is 9.59 Å². The Morgan fingerprint density at radius 3 is 1.85 bits per heavy atom. The molecule has 54 heavy (non-hydrogen) atoms. The Bertz CT molecular complexity index is 1630. The van der Waals surface area contributed by atoms with Crippen LogP contribution in [0.3, 0.4) is 0 Å². The Kier molecular flexibility index (Phi) is 18.1. The Morgan fingerprint density at radius 2 is 1.31 bits per heavy atom. The molecule has 20 heteroatoms. The maximum atomic E-state index is 12.5. The molecule has 0 saturated carbocycles.